The van der Waals surface area contributed by atoms with Crippen LogP contribution >= 0.6 is 0 Å². The highest BCUT2D eigenvalue weighted by atomic mass is 16.5. The molecule has 0 N–H and O–H groups in total. The lowest BCUT2D eigenvalue weighted by molar-refractivity contribution is 0.0478. The molecule has 20 heavy (non-hydrogen) atoms. The second-order valence-corrected chi connectivity index (χ2v) is 4.38. The summed E-state index contributed by atoms with van der Waals surface area (Å²) in [5, 5.41) is 0. The SMILES string of the molecule is CCCCc1oc(C)c(C(=O)OCC)c1C(=O)OCC. The Balaban J connectivity index is 3.22. The van der Waals surface area contributed by atoms with Crippen LogP contribution in [0.4, 0.5) is 0 Å². The van der Waals surface area contributed by atoms with Crippen LogP contribution in [0.15, 0.2) is 4.42 Å². The molecule has 5 heteroatoms. The maximum Gasteiger partial charge on any atom is 0.342 e. The zero-order valence-electron chi connectivity index (χ0n) is 12.6. The molecule has 5 nitrogen and oxygen atoms in total. The Kier molecular flexibility index (Phi) is 6.28. The predicted octanol–water partition coefficient (Wildman–Crippen LogP) is 3.28. The van der Waals surface area contributed by atoms with E-state index in [1.807, 2.05) is 6.92 Å². The average molecular weight is 282 g/mol. The summed E-state index contributed by atoms with van der Waals surface area (Å²) in [7, 11) is 0. The number of aryl methyl sites for hydroxylation is 2. The zero-order chi connectivity index (χ0) is 15.1. The molecule has 0 aliphatic heterocycles. The van der Waals surface area contributed by atoms with Gasteiger partial charge in [0.15, 0.2) is 0 Å². The summed E-state index contributed by atoms with van der Waals surface area (Å²) in [6.07, 6.45) is 2.45. The van der Waals surface area contributed by atoms with Gasteiger partial charge in [-0.2, -0.15) is 0 Å². The van der Waals surface area contributed by atoms with Gasteiger partial charge in [-0.3, -0.25) is 0 Å². The van der Waals surface area contributed by atoms with Crippen LogP contribution in [-0.2, 0) is 15.9 Å². The topological polar surface area (TPSA) is 65.7 Å². The third-order valence-electron chi connectivity index (χ3n) is 2.87. The smallest absolute Gasteiger partial charge is 0.342 e. The van der Waals surface area contributed by atoms with Crippen LogP contribution in [0.3, 0.4) is 0 Å². The Labute approximate surface area is 119 Å². The highest BCUT2D eigenvalue weighted by Crippen LogP contribution is 2.26. The molecular formula is C15H22O5. The Bertz CT molecular complexity index is 473. The zero-order valence-corrected chi connectivity index (χ0v) is 12.6. The van der Waals surface area contributed by atoms with Gasteiger partial charge in [0.2, 0.25) is 0 Å². The van der Waals surface area contributed by atoms with Crippen molar-refractivity contribution in [1.29, 1.82) is 0 Å². The van der Waals surface area contributed by atoms with Crippen molar-refractivity contribution in [3.8, 4) is 0 Å². The van der Waals surface area contributed by atoms with E-state index in [4.69, 9.17) is 13.9 Å². The molecule has 0 amide bonds. The lowest BCUT2D eigenvalue weighted by atomic mass is 10.1. The van der Waals surface area contributed by atoms with E-state index in [9.17, 15) is 9.59 Å². The molecule has 0 spiro atoms. The molecule has 0 fully saturated rings. The van der Waals surface area contributed by atoms with Gasteiger partial charge in [-0.05, 0) is 27.2 Å². The molecule has 1 heterocycles. The Morgan fingerprint density at radius 1 is 1.00 bits per heavy atom. The van der Waals surface area contributed by atoms with E-state index in [0.29, 0.717) is 17.9 Å². The second-order valence-electron chi connectivity index (χ2n) is 4.38. The Morgan fingerprint density at radius 2 is 1.55 bits per heavy atom. The van der Waals surface area contributed by atoms with Crippen molar-refractivity contribution >= 4 is 11.9 Å². The van der Waals surface area contributed by atoms with E-state index in [2.05, 4.69) is 0 Å². The van der Waals surface area contributed by atoms with Gasteiger partial charge in [0.05, 0.1) is 13.2 Å². The highest BCUT2D eigenvalue weighted by Gasteiger charge is 2.29. The number of furan rings is 1. The second kappa shape index (κ2) is 7.72. The number of hydrogen-bond acceptors (Lipinski definition) is 5. The molecule has 0 bridgehead atoms. The first-order valence-corrected chi connectivity index (χ1v) is 7.03. The molecule has 0 aromatic carbocycles. The third-order valence-corrected chi connectivity index (χ3v) is 2.87. The van der Waals surface area contributed by atoms with Crippen LogP contribution in [0.2, 0.25) is 0 Å². The van der Waals surface area contributed by atoms with Crippen LogP contribution in [0.25, 0.3) is 0 Å². The minimum Gasteiger partial charge on any atom is -0.465 e. The first kappa shape index (κ1) is 16.3. The van der Waals surface area contributed by atoms with E-state index in [1.54, 1.807) is 20.8 Å². The first-order chi connectivity index (χ1) is 9.56. The summed E-state index contributed by atoms with van der Waals surface area (Å²) in [4.78, 5) is 24.1. The highest BCUT2D eigenvalue weighted by molar-refractivity contribution is 6.04. The van der Waals surface area contributed by atoms with Crippen molar-refractivity contribution in [3.63, 3.8) is 0 Å². The quantitative estimate of drug-likeness (QED) is 0.718. The minimum absolute atomic E-state index is 0.191. The van der Waals surface area contributed by atoms with E-state index in [-0.39, 0.29) is 24.3 Å². The molecule has 112 valence electrons. The summed E-state index contributed by atoms with van der Waals surface area (Å²) in [5.74, 6) is -0.165. The van der Waals surface area contributed by atoms with Gasteiger partial charge in [0, 0.05) is 6.42 Å². The predicted molar refractivity (Wildman–Crippen MR) is 74.0 cm³/mol. The summed E-state index contributed by atoms with van der Waals surface area (Å²) in [6.45, 7) is 7.64. The molecule has 0 unspecified atom stereocenters. The summed E-state index contributed by atoms with van der Waals surface area (Å²) >= 11 is 0. The van der Waals surface area contributed by atoms with Gasteiger partial charge < -0.3 is 13.9 Å². The molecule has 0 saturated carbocycles. The van der Waals surface area contributed by atoms with Crippen molar-refractivity contribution in [1.82, 2.24) is 0 Å². The van der Waals surface area contributed by atoms with Crippen molar-refractivity contribution in [2.24, 2.45) is 0 Å². The minimum atomic E-state index is -0.542. The van der Waals surface area contributed by atoms with Gasteiger partial charge in [-0.1, -0.05) is 13.3 Å². The number of rotatable bonds is 7. The molecule has 0 aliphatic carbocycles. The molecule has 0 radical (unpaired) electrons. The monoisotopic (exact) mass is 282 g/mol. The molecule has 0 aliphatic rings. The van der Waals surface area contributed by atoms with E-state index in [0.717, 1.165) is 12.8 Å². The molecule has 0 atom stereocenters. The molecule has 1 aromatic rings. The molecule has 0 saturated heterocycles. The number of unbranched alkanes of at least 4 members (excludes halogenated alkanes) is 1. The molecular weight excluding hydrogens is 260 g/mol. The number of esters is 2. The molecule has 1 rings (SSSR count). The molecule has 1 aromatic heterocycles. The first-order valence-electron chi connectivity index (χ1n) is 7.03. The fourth-order valence-corrected chi connectivity index (χ4v) is 1.98. The van der Waals surface area contributed by atoms with E-state index in [1.165, 1.54) is 0 Å². The van der Waals surface area contributed by atoms with Crippen LogP contribution < -0.4 is 0 Å². The maximum absolute atomic E-state index is 12.1. The van der Waals surface area contributed by atoms with Crippen molar-refractivity contribution in [2.75, 3.05) is 13.2 Å². The largest absolute Gasteiger partial charge is 0.465 e. The number of carbonyl (C=O) groups excluding carboxylic acids is 2. The van der Waals surface area contributed by atoms with E-state index < -0.39 is 11.9 Å². The summed E-state index contributed by atoms with van der Waals surface area (Å²) < 4.78 is 15.6. The Morgan fingerprint density at radius 3 is 2.05 bits per heavy atom. The van der Waals surface area contributed by atoms with Crippen LogP contribution in [0.1, 0.15) is 65.8 Å². The summed E-state index contributed by atoms with van der Waals surface area (Å²) in [5.41, 5.74) is 0.410. The average Bonchev–Trinajstić information content (AvgIpc) is 2.73. The normalized spacial score (nSPS) is 10.4. The van der Waals surface area contributed by atoms with Crippen molar-refractivity contribution in [2.45, 2.75) is 47.0 Å². The maximum atomic E-state index is 12.1. The lowest BCUT2D eigenvalue weighted by Gasteiger charge is -2.05. The summed E-state index contributed by atoms with van der Waals surface area (Å²) in [6, 6.07) is 0. The Hall–Kier alpha value is -1.78. The van der Waals surface area contributed by atoms with Gasteiger partial charge in [0.1, 0.15) is 22.6 Å². The fourth-order valence-electron chi connectivity index (χ4n) is 1.98. The van der Waals surface area contributed by atoms with Crippen molar-refractivity contribution in [3.05, 3.63) is 22.6 Å². The number of ether oxygens (including phenoxy) is 2. The number of carbonyl (C=O) groups is 2. The van der Waals surface area contributed by atoms with Gasteiger partial charge in [-0.15, -0.1) is 0 Å². The standard InChI is InChI=1S/C15H22O5/c1-5-8-9-11-13(15(17)19-7-3)12(10(4)20-11)14(16)18-6-2/h5-9H2,1-4H3. The number of hydrogen-bond donors (Lipinski definition) is 0. The van der Waals surface area contributed by atoms with Crippen LogP contribution in [-0.4, -0.2) is 25.2 Å². The van der Waals surface area contributed by atoms with Crippen LogP contribution in [0, 0.1) is 6.92 Å². The van der Waals surface area contributed by atoms with Gasteiger partial charge in [-0.25, -0.2) is 9.59 Å². The third kappa shape index (κ3) is 3.62. The lowest BCUT2D eigenvalue weighted by Crippen LogP contribution is -2.14. The van der Waals surface area contributed by atoms with Crippen LogP contribution in [0.5, 0.6) is 0 Å². The van der Waals surface area contributed by atoms with E-state index >= 15 is 0 Å². The van der Waals surface area contributed by atoms with Gasteiger partial charge >= 0.3 is 11.9 Å². The van der Waals surface area contributed by atoms with Gasteiger partial charge in [0.25, 0.3) is 0 Å². The fraction of sp³-hybridized carbons (Fsp3) is 0.600. The van der Waals surface area contributed by atoms with Crippen molar-refractivity contribution < 1.29 is 23.5 Å².